The molecule has 6 heteroatoms. The Labute approximate surface area is 118 Å². The molecule has 1 aromatic heterocycles. The second-order valence-corrected chi connectivity index (χ2v) is 4.57. The molecular weight excluding hydrogens is 281 g/mol. The Bertz CT molecular complexity index is 780. The van der Waals surface area contributed by atoms with E-state index in [1.165, 1.54) is 30.3 Å². The van der Waals surface area contributed by atoms with Crippen LogP contribution < -0.4 is 11.3 Å². The highest BCUT2D eigenvalue weighted by molar-refractivity contribution is 5.78. The zero-order chi connectivity index (χ0) is 15.0. The summed E-state index contributed by atoms with van der Waals surface area (Å²) in [4.78, 5) is 0. The van der Waals surface area contributed by atoms with Crippen molar-refractivity contribution >= 4 is 11.0 Å². The second kappa shape index (κ2) is 5.23. The molecule has 108 valence electrons. The Kier molecular flexibility index (Phi) is 3.40. The average molecular weight is 292 g/mol. The molecule has 0 spiro atoms. The third-order valence-electron chi connectivity index (χ3n) is 3.24. The lowest BCUT2D eigenvalue weighted by molar-refractivity contribution is 0.443. The van der Waals surface area contributed by atoms with Gasteiger partial charge in [-0.15, -0.1) is 0 Å². The molecule has 3 rings (SSSR count). The predicted octanol–water partition coefficient (Wildman–Crippen LogP) is 3.40. The highest BCUT2D eigenvalue weighted by atomic mass is 19.1. The number of nitrogens with two attached hydrogens (primary N) is 1. The first-order valence-corrected chi connectivity index (χ1v) is 6.19. The van der Waals surface area contributed by atoms with Gasteiger partial charge in [-0.05, 0) is 36.4 Å². The summed E-state index contributed by atoms with van der Waals surface area (Å²) in [5.41, 5.74) is 2.48. The van der Waals surface area contributed by atoms with Crippen LogP contribution >= 0.6 is 0 Å². The molecule has 2 aromatic carbocycles. The number of halogens is 3. The van der Waals surface area contributed by atoms with Gasteiger partial charge in [-0.2, -0.15) is 0 Å². The Balaban J connectivity index is 2.14. The van der Waals surface area contributed by atoms with Crippen LogP contribution in [-0.4, -0.2) is 0 Å². The van der Waals surface area contributed by atoms with E-state index in [0.717, 1.165) is 12.1 Å². The summed E-state index contributed by atoms with van der Waals surface area (Å²) in [5.74, 6) is 3.69. The summed E-state index contributed by atoms with van der Waals surface area (Å²) in [6.45, 7) is 0. The molecule has 0 saturated carbocycles. The van der Waals surface area contributed by atoms with Gasteiger partial charge in [-0.1, -0.05) is 6.07 Å². The first-order chi connectivity index (χ1) is 10.1. The average Bonchev–Trinajstić information content (AvgIpc) is 2.85. The molecule has 3 N–H and O–H groups in total. The van der Waals surface area contributed by atoms with Crippen LogP contribution in [0.4, 0.5) is 13.2 Å². The Hall–Kier alpha value is -2.31. The fourth-order valence-electron chi connectivity index (χ4n) is 2.27. The highest BCUT2D eigenvalue weighted by Crippen LogP contribution is 2.30. The molecule has 0 aliphatic rings. The van der Waals surface area contributed by atoms with E-state index in [2.05, 4.69) is 5.43 Å². The number of nitrogens with one attached hydrogen (secondary N) is 1. The molecule has 0 fully saturated rings. The number of benzene rings is 2. The molecule has 0 aliphatic carbocycles. The van der Waals surface area contributed by atoms with Crippen molar-refractivity contribution in [3.8, 4) is 0 Å². The summed E-state index contributed by atoms with van der Waals surface area (Å²) in [5, 5.41) is 0.488. The molecule has 3 nitrogen and oxygen atoms in total. The van der Waals surface area contributed by atoms with E-state index >= 15 is 0 Å². The summed E-state index contributed by atoms with van der Waals surface area (Å²) >= 11 is 0. The van der Waals surface area contributed by atoms with Crippen molar-refractivity contribution in [1.82, 2.24) is 5.43 Å². The fourth-order valence-corrected chi connectivity index (χ4v) is 2.27. The molecule has 1 unspecified atom stereocenters. The number of rotatable bonds is 3. The summed E-state index contributed by atoms with van der Waals surface area (Å²) in [6.07, 6.45) is 0. The highest BCUT2D eigenvalue weighted by Gasteiger charge is 2.24. The lowest BCUT2D eigenvalue weighted by atomic mass is 10.0. The van der Waals surface area contributed by atoms with Gasteiger partial charge in [0.1, 0.15) is 34.8 Å². The monoisotopic (exact) mass is 292 g/mol. The smallest absolute Gasteiger partial charge is 0.134 e. The molecule has 1 atom stereocenters. The first-order valence-electron chi connectivity index (χ1n) is 6.19. The van der Waals surface area contributed by atoms with Crippen molar-refractivity contribution in [2.45, 2.75) is 6.04 Å². The van der Waals surface area contributed by atoms with E-state index in [1.807, 2.05) is 0 Å². The van der Waals surface area contributed by atoms with E-state index < -0.39 is 23.5 Å². The molecule has 3 aromatic rings. The predicted molar refractivity (Wildman–Crippen MR) is 71.7 cm³/mol. The van der Waals surface area contributed by atoms with E-state index in [4.69, 9.17) is 10.3 Å². The van der Waals surface area contributed by atoms with Crippen LogP contribution in [0, 0.1) is 17.5 Å². The van der Waals surface area contributed by atoms with E-state index in [-0.39, 0.29) is 11.3 Å². The lowest BCUT2D eigenvalue weighted by Crippen LogP contribution is -2.30. The number of hydrogen-bond acceptors (Lipinski definition) is 3. The van der Waals surface area contributed by atoms with Gasteiger partial charge in [0, 0.05) is 10.9 Å². The topological polar surface area (TPSA) is 51.2 Å². The van der Waals surface area contributed by atoms with Crippen LogP contribution in [0.2, 0.25) is 0 Å². The van der Waals surface area contributed by atoms with Crippen molar-refractivity contribution < 1.29 is 17.6 Å². The Morgan fingerprint density at radius 3 is 2.38 bits per heavy atom. The maximum atomic E-state index is 13.9. The van der Waals surface area contributed by atoms with Gasteiger partial charge in [0.2, 0.25) is 0 Å². The van der Waals surface area contributed by atoms with Crippen LogP contribution in [0.25, 0.3) is 11.0 Å². The van der Waals surface area contributed by atoms with Gasteiger partial charge in [0.05, 0.1) is 0 Å². The number of furan rings is 1. The minimum atomic E-state index is -1.01. The molecule has 0 saturated heterocycles. The largest absolute Gasteiger partial charge is 0.459 e. The van der Waals surface area contributed by atoms with Crippen LogP contribution in [-0.2, 0) is 0 Å². The van der Waals surface area contributed by atoms with Gasteiger partial charge in [0.15, 0.2) is 0 Å². The Morgan fingerprint density at radius 1 is 1.00 bits per heavy atom. The summed E-state index contributed by atoms with van der Waals surface area (Å²) in [7, 11) is 0. The zero-order valence-electron chi connectivity index (χ0n) is 10.7. The van der Waals surface area contributed by atoms with Gasteiger partial charge in [-0.25, -0.2) is 18.6 Å². The van der Waals surface area contributed by atoms with Gasteiger partial charge in [0.25, 0.3) is 0 Å². The maximum absolute atomic E-state index is 13.9. The van der Waals surface area contributed by atoms with Crippen LogP contribution in [0.15, 0.2) is 46.9 Å². The van der Waals surface area contributed by atoms with E-state index in [0.29, 0.717) is 11.0 Å². The second-order valence-electron chi connectivity index (χ2n) is 4.57. The molecule has 0 amide bonds. The minimum Gasteiger partial charge on any atom is -0.459 e. The minimum absolute atomic E-state index is 0.196. The molecule has 0 bridgehead atoms. The fraction of sp³-hybridized carbons (Fsp3) is 0.0667. The van der Waals surface area contributed by atoms with Gasteiger partial charge < -0.3 is 4.42 Å². The van der Waals surface area contributed by atoms with Crippen LogP contribution in [0.5, 0.6) is 0 Å². The number of hydrogen-bond donors (Lipinski definition) is 2. The molecule has 0 radical (unpaired) electrons. The molecule has 1 heterocycles. The standard InChI is InChI=1S/C15H11F3N2O/c16-9-4-5-12-8(6-9)7-13(21-12)15(20-19)14-10(17)2-1-3-11(14)18/h1-7,15,20H,19H2. The quantitative estimate of drug-likeness (QED) is 0.574. The first kappa shape index (κ1) is 13.7. The Morgan fingerprint density at radius 2 is 1.71 bits per heavy atom. The van der Waals surface area contributed by atoms with Crippen LogP contribution in [0.3, 0.4) is 0 Å². The molecule has 0 aliphatic heterocycles. The third-order valence-corrected chi connectivity index (χ3v) is 3.24. The lowest BCUT2D eigenvalue weighted by Gasteiger charge is -2.15. The summed E-state index contributed by atoms with van der Waals surface area (Å²) < 4.78 is 46.4. The van der Waals surface area contributed by atoms with Crippen molar-refractivity contribution in [3.63, 3.8) is 0 Å². The van der Waals surface area contributed by atoms with Crippen molar-refractivity contribution in [3.05, 3.63) is 71.2 Å². The van der Waals surface area contributed by atoms with Crippen molar-refractivity contribution in [1.29, 1.82) is 0 Å². The third kappa shape index (κ3) is 2.39. The normalized spacial score (nSPS) is 12.8. The van der Waals surface area contributed by atoms with Crippen molar-refractivity contribution in [2.24, 2.45) is 5.84 Å². The molecular formula is C15H11F3N2O. The molecule has 21 heavy (non-hydrogen) atoms. The zero-order valence-corrected chi connectivity index (χ0v) is 10.7. The van der Waals surface area contributed by atoms with Crippen LogP contribution in [0.1, 0.15) is 17.4 Å². The number of hydrazine groups is 1. The van der Waals surface area contributed by atoms with Gasteiger partial charge >= 0.3 is 0 Å². The van der Waals surface area contributed by atoms with E-state index in [9.17, 15) is 13.2 Å². The number of fused-ring (bicyclic) bond motifs is 1. The summed E-state index contributed by atoms with van der Waals surface area (Å²) in [6, 6.07) is 7.96. The van der Waals surface area contributed by atoms with E-state index in [1.54, 1.807) is 0 Å². The maximum Gasteiger partial charge on any atom is 0.134 e. The SMILES string of the molecule is NNC(c1cc2cc(F)ccc2o1)c1c(F)cccc1F. The van der Waals surface area contributed by atoms with Crippen molar-refractivity contribution in [2.75, 3.05) is 0 Å². The van der Waals surface area contributed by atoms with Gasteiger partial charge in [-0.3, -0.25) is 5.84 Å².